The molecule has 0 radical (unpaired) electrons. The van der Waals surface area contributed by atoms with Gasteiger partial charge < -0.3 is 14.7 Å². The minimum Gasteiger partial charge on any atom is -0.355 e. The molecule has 7 heteroatoms. The predicted octanol–water partition coefficient (Wildman–Crippen LogP) is 2.52. The van der Waals surface area contributed by atoms with E-state index < -0.39 is 0 Å². The molecule has 7 nitrogen and oxygen atoms in total. The van der Waals surface area contributed by atoms with Gasteiger partial charge in [0.2, 0.25) is 11.8 Å². The van der Waals surface area contributed by atoms with E-state index in [4.69, 9.17) is 0 Å². The number of likely N-dealkylation sites (tertiary alicyclic amines) is 1. The van der Waals surface area contributed by atoms with E-state index in [2.05, 4.69) is 33.1 Å². The number of fused-ring (bicyclic) bond motifs is 1. The lowest BCUT2D eigenvalue weighted by molar-refractivity contribution is -0.143. The number of anilines is 1. The van der Waals surface area contributed by atoms with Gasteiger partial charge in [-0.25, -0.2) is 4.98 Å². The lowest BCUT2D eigenvalue weighted by Gasteiger charge is -2.39. The van der Waals surface area contributed by atoms with E-state index in [0.29, 0.717) is 26.2 Å². The highest BCUT2D eigenvalue weighted by Crippen LogP contribution is 2.27. The van der Waals surface area contributed by atoms with Crippen LogP contribution in [0.25, 0.3) is 0 Å². The Hall–Kier alpha value is -2.96. The number of carbonyl (C=O) groups excluding carboxylic acids is 2. The smallest absolute Gasteiger partial charge is 0.227 e. The van der Waals surface area contributed by atoms with Crippen LogP contribution in [-0.4, -0.2) is 64.3 Å². The van der Waals surface area contributed by atoms with Crippen molar-refractivity contribution >= 4 is 17.6 Å². The number of aromatic nitrogens is 2. The molecule has 3 aliphatic rings. The van der Waals surface area contributed by atoms with E-state index in [0.717, 1.165) is 51.0 Å². The first-order valence-corrected chi connectivity index (χ1v) is 11.8. The lowest BCUT2D eigenvalue weighted by atomic mass is 9.91. The summed E-state index contributed by atoms with van der Waals surface area (Å²) in [5.74, 6) is 1.37. The first kappa shape index (κ1) is 20.9. The zero-order valence-electron chi connectivity index (χ0n) is 18.5. The third-order valence-corrected chi connectivity index (χ3v) is 7.24. The average Bonchev–Trinajstić information content (AvgIpc) is 2.88. The van der Waals surface area contributed by atoms with Crippen LogP contribution in [0.4, 0.5) is 5.82 Å². The summed E-state index contributed by atoms with van der Waals surface area (Å²) in [4.78, 5) is 41.1. The van der Waals surface area contributed by atoms with Gasteiger partial charge in [-0.3, -0.25) is 14.6 Å². The molecule has 0 spiro atoms. The van der Waals surface area contributed by atoms with E-state index in [1.54, 1.807) is 18.6 Å². The molecule has 0 saturated carbocycles. The number of nitrogens with zero attached hydrogens (tertiary/aromatic N) is 5. The second kappa shape index (κ2) is 9.27. The molecule has 3 aliphatic heterocycles. The summed E-state index contributed by atoms with van der Waals surface area (Å²) in [6, 6.07) is 8.41. The third-order valence-electron chi connectivity index (χ3n) is 7.24. The highest BCUT2D eigenvalue weighted by molar-refractivity contribution is 5.82. The Bertz CT molecular complexity index is 958. The lowest BCUT2D eigenvalue weighted by Crippen LogP contribution is -2.49. The van der Waals surface area contributed by atoms with Crippen molar-refractivity contribution in [3.63, 3.8) is 0 Å². The molecule has 1 aromatic carbocycles. The first-order valence-electron chi connectivity index (χ1n) is 11.8. The van der Waals surface area contributed by atoms with Gasteiger partial charge in [-0.1, -0.05) is 24.3 Å². The van der Waals surface area contributed by atoms with E-state index in [-0.39, 0.29) is 23.7 Å². The maximum Gasteiger partial charge on any atom is 0.227 e. The van der Waals surface area contributed by atoms with Crippen molar-refractivity contribution in [1.82, 2.24) is 19.8 Å². The van der Waals surface area contributed by atoms with E-state index in [1.807, 2.05) is 15.9 Å². The monoisotopic (exact) mass is 433 g/mol. The molecule has 1 aromatic heterocycles. The molecule has 2 aromatic rings. The van der Waals surface area contributed by atoms with Gasteiger partial charge in [-0.15, -0.1) is 0 Å². The Balaban J connectivity index is 1.14. The van der Waals surface area contributed by atoms with Crippen LogP contribution < -0.4 is 4.90 Å². The van der Waals surface area contributed by atoms with Crippen molar-refractivity contribution in [2.45, 2.75) is 38.6 Å². The van der Waals surface area contributed by atoms with Gasteiger partial charge in [0.05, 0.1) is 12.1 Å². The Morgan fingerprint density at radius 2 is 1.62 bits per heavy atom. The fourth-order valence-electron chi connectivity index (χ4n) is 5.39. The summed E-state index contributed by atoms with van der Waals surface area (Å²) in [6.07, 6.45) is 9.51. The van der Waals surface area contributed by atoms with Crippen LogP contribution in [0, 0.1) is 11.8 Å². The van der Waals surface area contributed by atoms with Crippen LogP contribution in [0.5, 0.6) is 0 Å². The summed E-state index contributed by atoms with van der Waals surface area (Å²) in [6.45, 7) is 4.49. The summed E-state index contributed by atoms with van der Waals surface area (Å²) < 4.78 is 0. The number of piperidine rings is 2. The summed E-state index contributed by atoms with van der Waals surface area (Å²) in [7, 11) is 0. The molecule has 2 fully saturated rings. The molecule has 2 amide bonds. The van der Waals surface area contributed by atoms with Crippen LogP contribution in [-0.2, 0) is 22.6 Å². The molecule has 0 bridgehead atoms. The number of hydrogen-bond donors (Lipinski definition) is 0. The molecule has 168 valence electrons. The van der Waals surface area contributed by atoms with Gasteiger partial charge in [0.1, 0.15) is 5.82 Å². The summed E-state index contributed by atoms with van der Waals surface area (Å²) in [5.41, 5.74) is 2.63. The third kappa shape index (κ3) is 4.33. The largest absolute Gasteiger partial charge is 0.355 e. The molecule has 1 unspecified atom stereocenters. The second-order valence-electron chi connectivity index (χ2n) is 9.23. The van der Waals surface area contributed by atoms with Crippen molar-refractivity contribution in [3.05, 3.63) is 54.0 Å². The van der Waals surface area contributed by atoms with Crippen LogP contribution in [0.15, 0.2) is 42.9 Å². The number of benzene rings is 1. The van der Waals surface area contributed by atoms with Gasteiger partial charge in [0, 0.05) is 57.6 Å². The van der Waals surface area contributed by atoms with E-state index in [1.165, 1.54) is 11.1 Å². The zero-order valence-corrected chi connectivity index (χ0v) is 18.5. The Morgan fingerprint density at radius 1 is 0.844 bits per heavy atom. The van der Waals surface area contributed by atoms with Gasteiger partial charge in [-0.2, -0.15) is 0 Å². The maximum atomic E-state index is 13.2. The van der Waals surface area contributed by atoms with Crippen molar-refractivity contribution in [3.8, 4) is 0 Å². The predicted molar refractivity (Wildman–Crippen MR) is 122 cm³/mol. The highest BCUT2D eigenvalue weighted by Gasteiger charge is 2.35. The molecule has 2 saturated heterocycles. The summed E-state index contributed by atoms with van der Waals surface area (Å²) in [5, 5.41) is 0. The van der Waals surface area contributed by atoms with Gasteiger partial charge in [0.25, 0.3) is 0 Å². The molecule has 1 atom stereocenters. The minimum absolute atomic E-state index is 0.00314. The maximum absolute atomic E-state index is 13.2. The van der Waals surface area contributed by atoms with Gasteiger partial charge >= 0.3 is 0 Å². The topological polar surface area (TPSA) is 69.6 Å². The van der Waals surface area contributed by atoms with Crippen molar-refractivity contribution < 1.29 is 9.59 Å². The molecule has 5 rings (SSSR count). The second-order valence-corrected chi connectivity index (χ2v) is 9.23. The first-order chi connectivity index (χ1) is 15.7. The van der Waals surface area contributed by atoms with Crippen LogP contribution in [0.3, 0.4) is 0 Å². The van der Waals surface area contributed by atoms with Crippen LogP contribution >= 0.6 is 0 Å². The van der Waals surface area contributed by atoms with E-state index in [9.17, 15) is 9.59 Å². The number of carbonyl (C=O) groups is 2. The fraction of sp³-hybridized carbons (Fsp3) is 0.520. The average molecular weight is 434 g/mol. The van der Waals surface area contributed by atoms with Crippen LogP contribution in [0.2, 0.25) is 0 Å². The number of hydrogen-bond acceptors (Lipinski definition) is 5. The van der Waals surface area contributed by atoms with Crippen molar-refractivity contribution in [1.29, 1.82) is 0 Å². The standard InChI is InChI=1S/C25H31N5O2/c31-24(30-15-7-19-4-1-2-5-21(19)17-30)20-8-13-28(14-9-20)25(32)22-6-3-12-29(18-22)23-16-26-10-11-27-23/h1-2,4-5,10-11,16,20,22H,3,6-9,12-15,17-18H2. The molecule has 4 heterocycles. The SMILES string of the molecule is O=C(C1CCCN(c2cnccn2)C1)N1CCC(C(=O)N2CCc3ccccc3C2)CC1. The molecular weight excluding hydrogens is 402 g/mol. The van der Waals surface area contributed by atoms with E-state index >= 15 is 0 Å². The molecule has 0 N–H and O–H groups in total. The zero-order chi connectivity index (χ0) is 21.9. The number of rotatable bonds is 3. The highest BCUT2D eigenvalue weighted by atomic mass is 16.2. The fourth-order valence-corrected chi connectivity index (χ4v) is 5.39. The molecule has 0 aliphatic carbocycles. The van der Waals surface area contributed by atoms with Crippen molar-refractivity contribution in [2.24, 2.45) is 11.8 Å². The number of amides is 2. The van der Waals surface area contributed by atoms with Gasteiger partial charge in [0.15, 0.2) is 0 Å². The summed E-state index contributed by atoms with van der Waals surface area (Å²) >= 11 is 0. The minimum atomic E-state index is -0.00314. The Kier molecular flexibility index (Phi) is 6.06. The Morgan fingerprint density at radius 3 is 2.41 bits per heavy atom. The quantitative estimate of drug-likeness (QED) is 0.744. The van der Waals surface area contributed by atoms with Crippen molar-refractivity contribution in [2.75, 3.05) is 37.6 Å². The normalized spacial score (nSPS) is 21.9. The molecular formula is C25H31N5O2. The van der Waals surface area contributed by atoms with Gasteiger partial charge in [-0.05, 0) is 43.2 Å². The molecule has 32 heavy (non-hydrogen) atoms. The Labute approximate surface area is 189 Å². The van der Waals surface area contributed by atoms with Crippen LogP contribution in [0.1, 0.15) is 36.8 Å².